The Balaban J connectivity index is 1.93. The monoisotopic (exact) mass is 302 g/mol. The highest BCUT2D eigenvalue weighted by atomic mass is 32.2. The van der Waals surface area contributed by atoms with Crippen LogP contribution >= 0.6 is 11.3 Å². The van der Waals surface area contributed by atoms with Gasteiger partial charge >= 0.3 is 0 Å². The summed E-state index contributed by atoms with van der Waals surface area (Å²) in [6.07, 6.45) is 4.90. The molecule has 7 nitrogen and oxygen atoms in total. The Morgan fingerprint density at radius 2 is 2.32 bits per heavy atom. The van der Waals surface area contributed by atoms with Gasteiger partial charge in [0.2, 0.25) is 10.0 Å². The maximum Gasteiger partial charge on any atom is 0.243 e. The van der Waals surface area contributed by atoms with Crippen molar-refractivity contribution in [2.45, 2.75) is 17.9 Å². The molecular formula is C10H14N4O3S2. The second-order valence-electron chi connectivity index (χ2n) is 3.74. The fourth-order valence-electron chi connectivity index (χ4n) is 1.46. The molecule has 0 amide bonds. The van der Waals surface area contributed by atoms with E-state index < -0.39 is 10.0 Å². The molecule has 0 saturated heterocycles. The van der Waals surface area contributed by atoms with Crippen molar-refractivity contribution in [3.05, 3.63) is 29.0 Å². The van der Waals surface area contributed by atoms with Gasteiger partial charge in [-0.2, -0.15) is 5.10 Å². The average molecular weight is 302 g/mol. The molecular weight excluding hydrogens is 288 g/mol. The molecule has 104 valence electrons. The Bertz CT molecular complexity index is 607. The molecule has 0 atom stereocenters. The molecule has 0 aromatic carbocycles. The third-order valence-corrected chi connectivity index (χ3v) is 4.62. The first kappa shape index (κ1) is 14.1. The zero-order valence-corrected chi connectivity index (χ0v) is 11.7. The molecule has 0 aliphatic carbocycles. The Morgan fingerprint density at radius 1 is 1.47 bits per heavy atom. The average Bonchev–Trinajstić information content (AvgIpc) is 3.00. The number of aromatic nitrogens is 3. The molecule has 0 bridgehead atoms. The van der Waals surface area contributed by atoms with Gasteiger partial charge in [0.1, 0.15) is 4.90 Å². The Morgan fingerprint density at radius 3 is 3.00 bits per heavy atom. The molecule has 0 aliphatic heterocycles. The molecule has 2 aromatic rings. The van der Waals surface area contributed by atoms with E-state index in [4.69, 9.17) is 5.11 Å². The summed E-state index contributed by atoms with van der Waals surface area (Å²) < 4.78 is 27.7. The lowest BCUT2D eigenvalue weighted by Gasteiger charge is -2.02. The number of sulfonamides is 1. The van der Waals surface area contributed by atoms with Crippen molar-refractivity contribution in [2.75, 3.05) is 13.2 Å². The van der Waals surface area contributed by atoms with Gasteiger partial charge in [-0.3, -0.25) is 4.68 Å². The number of hydrogen-bond donors (Lipinski definition) is 2. The van der Waals surface area contributed by atoms with Crippen LogP contribution in [0.1, 0.15) is 5.01 Å². The van der Waals surface area contributed by atoms with Crippen molar-refractivity contribution in [1.29, 1.82) is 0 Å². The van der Waals surface area contributed by atoms with Gasteiger partial charge in [0.25, 0.3) is 0 Å². The molecule has 2 N–H and O–H groups in total. The molecule has 0 saturated carbocycles. The first-order valence-corrected chi connectivity index (χ1v) is 7.99. The second-order valence-corrected chi connectivity index (χ2v) is 6.48. The van der Waals surface area contributed by atoms with Crippen LogP contribution < -0.4 is 4.72 Å². The third-order valence-electron chi connectivity index (χ3n) is 2.36. The summed E-state index contributed by atoms with van der Waals surface area (Å²) in [6, 6.07) is 0. The minimum absolute atomic E-state index is 0.0847. The third kappa shape index (κ3) is 3.83. The lowest BCUT2D eigenvalue weighted by molar-refractivity contribution is 0.269. The summed E-state index contributed by atoms with van der Waals surface area (Å²) >= 11 is 1.49. The molecule has 0 spiro atoms. The van der Waals surface area contributed by atoms with Crippen LogP contribution in [-0.4, -0.2) is 41.4 Å². The van der Waals surface area contributed by atoms with Crippen LogP contribution in [0, 0.1) is 0 Å². The molecule has 0 radical (unpaired) electrons. The molecule has 2 rings (SSSR count). The number of aliphatic hydroxyl groups excluding tert-OH is 1. The first-order chi connectivity index (χ1) is 9.12. The minimum Gasteiger partial charge on any atom is -0.394 e. The minimum atomic E-state index is -3.55. The Labute approximate surface area is 115 Å². The Kier molecular flexibility index (Phi) is 4.64. The molecule has 0 fully saturated rings. The van der Waals surface area contributed by atoms with Crippen LogP contribution in [0.15, 0.2) is 28.9 Å². The van der Waals surface area contributed by atoms with E-state index >= 15 is 0 Å². The summed E-state index contributed by atoms with van der Waals surface area (Å²) in [6.45, 7) is 0.480. The molecule has 2 aromatic heterocycles. The van der Waals surface area contributed by atoms with E-state index in [1.807, 2.05) is 5.38 Å². The van der Waals surface area contributed by atoms with Crippen LogP contribution in [-0.2, 0) is 23.0 Å². The van der Waals surface area contributed by atoms with Gasteiger partial charge in [0.05, 0.1) is 24.4 Å². The van der Waals surface area contributed by atoms with Crippen molar-refractivity contribution in [1.82, 2.24) is 19.5 Å². The number of nitrogens with zero attached hydrogens (tertiary/aromatic N) is 3. The zero-order chi connectivity index (χ0) is 13.7. The maximum absolute atomic E-state index is 11.9. The number of aliphatic hydroxyl groups is 1. The fraction of sp³-hybridized carbons (Fsp3) is 0.400. The predicted molar refractivity (Wildman–Crippen MR) is 70.3 cm³/mol. The summed E-state index contributed by atoms with van der Waals surface area (Å²) in [7, 11) is -3.55. The summed E-state index contributed by atoms with van der Waals surface area (Å²) in [5.41, 5.74) is 0. The summed E-state index contributed by atoms with van der Waals surface area (Å²) in [5.74, 6) is 0. The molecule has 0 unspecified atom stereocenters. The Hall–Kier alpha value is -1.29. The lowest BCUT2D eigenvalue weighted by Crippen LogP contribution is -2.25. The smallest absolute Gasteiger partial charge is 0.243 e. The van der Waals surface area contributed by atoms with Crippen LogP contribution in [0.4, 0.5) is 0 Å². The van der Waals surface area contributed by atoms with E-state index in [2.05, 4.69) is 14.8 Å². The molecule has 2 heterocycles. The van der Waals surface area contributed by atoms with E-state index in [-0.39, 0.29) is 18.0 Å². The quantitative estimate of drug-likeness (QED) is 0.741. The van der Waals surface area contributed by atoms with Gasteiger partial charge in [0, 0.05) is 30.7 Å². The van der Waals surface area contributed by atoms with Crippen LogP contribution in [0.5, 0.6) is 0 Å². The van der Waals surface area contributed by atoms with E-state index in [0.717, 1.165) is 5.01 Å². The van der Waals surface area contributed by atoms with Crippen LogP contribution in [0.2, 0.25) is 0 Å². The van der Waals surface area contributed by atoms with Gasteiger partial charge < -0.3 is 5.11 Å². The summed E-state index contributed by atoms with van der Waals surface area (Å²) in [5, 5.41) is 15.3. The van der Waals surface area contributed by atoms with Gasteiger partial charge in [-0.1, -0.05) is 0 Å². The van der Waals surface area contributed by atoms with Gasteiger partial charge in [-0.15, -0.1) is 11.3 Å². The first-order valence-electron chi connectivity index (χ1n) is 5.63. The SMILES string of the molecule is O=S(=O)(NCCc1nccs1)c1cnn(CCO)c1. The van der Waals surface area contributed by atoms with Crippen LogP contribution in [0.25, 0.3) is 0 Å². The van der Waals surface area contributed by atoms with E-state index in [0.29, 0.717) is 13.0 Å². The highest BCUT2D eigenvalue weighted by molar-refractivity contribution is 7.89. The topological polar surface area (TPSA) is 97.1 Å². The largest absolute Gasteiger partial charge is 0.394 e. The second kappa shape index (κ2) is 6.24. The van der Waals surface area contributed by atoms with Crippen molar-refractivity contribution >= 4 is 21.4 Å². The van der Waals surface area contributed by atoms with Crippen molar-refractivity contribution < 1.29 is 13.5 Å². The fourth-order valence-corrected chi connectivity index (χ4v) is 3.06. The van der Waals surface area contributed by atoms with Crippen molar-refractivity contribution in [3.63, 3.8) is 0 Å². The van der Waals surface area contributed by atoms with Crippen LogP contribution in [0.3, 0.4) is 0 Å². The number of thiazole rings is 1. The van der Waals surface area contributed by atoms with E-state index in [1.54, 1.807) is 6.20 Å². The molecule has 19 heavy (non-hydrogen) atoms. The highest BCUT2D eigenvalue weighted by Gasteiger charge is 2.15. The number of hydrogen-bond acceptors (Lipinski definition) is 6. The van der Waals surface area contributed by atoms with Gasteiger partial charge in [-0.25, -0.2) is 18.1 Å². The lowest BCUT2D eigenvalue weighted by atomic mass is 10.5. The molecule has 0 aliphatic rings. The maximum atomic E-state index is 11.9. The van der Waals surface area contributed by atoms with E-state index in [9.17, 15) is 8.42 Å². The van der Waals surface area contributed by atoms with Crippen molar-refractivity contribution in [2.24, 2.45) is 0 Å². The summed E-state index contributed by atoms with van der Waals surface area (Å²) in [4.78, 5) is 4.17. The molecule has 9 heteroatoms. The van der Waals surface area contributed by atoms with E-state index in [1.165, 1.54) is 28.4 Å². The highest BCUT2D eigenvalue weighted by Crippen LogP contribution is 2.08. The number of nitrogens with one attached hydrogen (secondary N) is 1. The normalized spacial score (nSPS) is 11.8. The predicted octanol–water partition coefficient (Wildman–Crippen LogP) is -0.147. The van der Waals surface area contributed by atoms with Gasteiger partial charge in [0.15, 0.2) is 0 Å². The van der Waals surface area contributed by atoms with Gasteiger partial charge in [-0.05, 0) is 0 Å². The van der Waals surface area contributed by atoms with Crippen molar-refractivity contribution in [3.8, 4) is 0 Å². The standard InChI is InChI=1S/C10H14N4O3S2/c15-5-4-14-8-9(7-12-14)19(16,17)13-2-1-10-11-3-6-18-10/h3,6-8,13,15H,1-2,4-5H2. The number of rotatable bonds is 7. The zero-order valence-electron chi connectivity index (χ0n) is 10.1.